The molecule has 0 radical (unpaired) electrons. The first-order valence-electron chi connectivity index (χ1n) is 3.53. The van der Waals surface area contributed by atoms with E-state index in [0.717, 1.165) is 6.54 Å². The van der Waals surface area contributed by atoms with Crippen molar-refractivity contribution in [3.05, 3.63) is 0 Å². The van der Waals surface area contributed by atoms with Crippen LogP contribution in [0.3, 0.4) is 0 Å². The van der Waals surface area contributed by atoms with Crippen LogP contribution in [0.15, 0.2) is 0 Å². The fourth-order valence-electron chi connectivity index (χ4n) is 0.634. The SMILES string of the molecule is CN(C)CCC(=O)CCN. The van der Waals surface area contributed by atoms with Gasteiger partial charge in [0.05, 0.1) is 0 Å². The van der Waals surface area contributed by atoms with Crippen molar-refractivity contribution in [3.8, 4) is 0 Å². The van der Waals surface area contributed by atoms with Gasteiger partial charge in [0.25, 0.3) is 0 Å². The van der Waals surface area contributed by atoms with Crippen LogP contribution in [0.5, 0.6) is 0 Å². The normalized spacial score (nSPS) is 10.4. The lowest BCUT2D eigenvalue weighted by Crippen LogP contribution is -2.18. The summed E-state index contributed by atoms with van der Waals surface area (Å²) in [6.45, 7) is 1.31. The highest BCUT2D eigenvalue weighted by Gasteiger charge is 1.99. The molecule has 0 saturated carbocycles. The van der Waals surface area contributed by atoms with E-state index in [2.05, 4.69) is 0 Å². The van der Waals surface area contributed by atoms with Crippen molar-refractivity contribution in [1.29, 1.82) is 0 Å². The molecule has 0 heterocycles. The Bertz CT molecular complexity index is 102. The van der Waals surface area contributed by atoms with Gasteiger partial charge in [0.2, 0.25) is 0 Å². The monoisotopic (exact) mass is 144 g/mol. The molecule has 0 aliphatic rings. The standard InChI is InChI=1S/C7H16N2O/c1-9(2)6-4-7(10)3-5-8/h3-6,8H2,1-2H3. The molecule has 0 aromatic carbocycles. The zero-order valence-corrected chi connectivity index (χ0v) is 6.76. The summed E-state index contributed by atoms with van der Waals surface area (Å²) in [6, 6.07) is 0. The number of carbonyl (C=O) groups excluding carboxylic acids is 1. The molecular formula is C7H16N2O. The zero-order chi connectivity index (χ0) is 7.98. The third-order valence-corrected chi connectivity index (χ3v) is 1.26. The molecule has 3 heteroatoms. The second-order valence-electron chi connectivity index (χ2n) is 2.63. The van der Waals surface area contributed by atoms with Crippen LogP contribution in [-0.2, 0) is 4.79 Å². The molecule has 0 unspecified atom stereocenters. The third-order valence-electron chi connectivity index (χ3n) is 1.26. The maximum atomic E-state index is 10.8. The molecule has 0 saturated heterocycles. The van der Waals surface area contributed by atoms with E-state index in [9.17, 15) is 4.79 Å². The summed E-state index contributed by atoms with van der Waals surface area (Å²) in [5.41, 5.74) is 5.20. The van der Waals surface area contributed by atoms with Gasteiger partial charge in [0, 0.05) is 19.4 Å². The van der Waals surface area contributed by atoms with E-state index < -0.39 is 0 Å². The Morgan fingerprint density at radius 2 is 2.00 bits per heavy atom. The minimum atomic E-state index is 0.260. The average molecular weight is 144 g/mol. The summed E-state index contributed by atoms with van der Waals surface area (Å²) in [5, 5.41) is 0. The highest BCUT2D eigenvalue weighted by molar-refractivity contribution is 5.78. The number of nitrogens with two attached hydrogens (primary N) is 1. The Labute approximate surface area is 62.2 Å². The van der Waals surface area contributed by atoms with Crippen molar-refractivity contribution in [3.63, 3.8) is 0 Å². The van der Waals surface area contributed by atoms with Gasteiger partial charge in [-0.3, -0.25) is 4.79 Å². The van der Waals surface area contributed by atoms with Crippen molar-refractivity contribution in [2.45, 2.75) is 12.8 Å². The van der Waals surface area contributed by atoms with Crippen molar-refractivity contribution >= 4 is 5.78 Å². The second-order valence-corrected chi connectivity index (χ2v) is 2.63. The van der Waals surface area contributed by atoms with Gasteiger partial charge in [0.15, 0.2) is 0 Å². The van der Waals surface area contributed by atoms with Crippen LogP contribution in [0.1, 0.15) is 12.8 Å². The number of rotatable bonds is 5. The van der Waals surface area contributed by atoms with E-state index in [1.807, 2.05) is 19.0 Å². The number of nitrogens with zero attached hydrogens (tertiary/aromatic N) is 1. The molecule has 0 amide bonds. The molecule has 0 aromatic rings. The molecule has 0 aliphatic carbocycles. The van der Waals surface area contributed by atoms with Gasteiger partial charge < -0.3 is 10.6 Å². The minimum Gasteiger partial charge on any atom is -0.330 e. The molecule has 0 rings (SSSR count). The highest BCUT2D eigenvalue weighted by Crippen LogP contribution is 1.88. The maximum absolute atomic E-state index is 10.8. The lowest BCUT2D eigenvalue weighted by atomic mass is 10.2. The van der Waals surface area contributed by atoms with Gasteiger partial charge in [-0.2, -0.15) is 0 Å². The molecule has 0 aromatic heterocycles. The van der Waals surface area contributed by atoms with E-state index in [1.54, 1.807) is 0 Å². The average Bonchev–Trinajstić information content (AvgIpc) is 1.85. The molecule has 2 N–H and O–H groups in total. The van der Waals surface area contributed by atoms with Gasteiger partial charge >= 0.3 is 0 Å². The maximum Gasteiger partial charge on any atom is 0.135 e. The quantitative estimate of drug-likeness (QED) is 0.584. The third kappa shape index (κ3) is 5.72. The molecule has 60 valence electrons. The number of Topliss-reactive ketones (excluding diaryl/α,β-unsaturated/α-hetero) is 1. The van der Waals surface area contributed by atoms with E-state index in [1.165, 1.54) is 0 Å². The molecule has 3 nitrogen and oxygen atoms in total. The Kier molecular flexibility index (Phi) is 5.16. The lowest BCUT2D eigenvalue weighted by molar-refractivity contribution is -0.119. The van der Waals surface area contributed by atoms with Crippen LogP contribution in [0.25, 0.3) is 0 Å². The molecule has 0 bridgehead atoms. The van der Waals surface area contributed by atoms with Gasteiger partial charge in [-0.1, -0.05) is 0 Å². The molecule has 0 spiro atoms. The van der Waals surface area contributed by atoms with E-state index in [0.29, 0.717) is 19.4 Å². The fourth-order valence-corrected chi connectivity index (χ4v) is 0.634. The smallest absolute Gasteiger partial charge is 0.135 e. The van der Waals surface area contributed by atoms with Crippen LogP contribution in [-0.4, -0.2) is 37.9 Å². The summed E-state index contributed by atoms with van der Waals surface area (Å²) < 4.78 is 0. The van der Waals surface area contributed by atoms with Crippen molar-refractivity contribution in [1.82, 2.24) is 4.90 Å². The van der Waals surface area contributed by atoms with Crippen molar-refractivity contribution in [2.75, 3.05) is 27.2 Å². The first kappa shape index (κ1) is 9.59. The molecule has 0 atom stereocenters. The Morgan fingerprint density at radius 3 is 2.40 bits per heavy atom. The first-order chi connectivity index (χ1) is 4.66. The number of carbonyl (C=O) groups is 1. The highest BCUT2D eigenvalue weighted by atomic mass is 16.1. The number of hydrogen-bond donors (Lipinski definition) is 1. The summed E-state index contributed by atoms with van der Waals surface area (Å²) in [6.07, 6.45) is 1.15. The van der Waals surface area contributed by atoms with E-state index in [-0.39, 0.29) is 5.78 Å². The summed E-state index contributed by atoms with van der Waals surface area (Å²) in [7, 11) is 3.91. The van der Waals surface area contributed by atoms with Crippen LogP contribution >= 0.6 is 0 Å². The van der Waals surface area contributed by atoms with E-state index >= 15 is 0 Å². The van der Waals surface area contributed by atoms with Crippen LogP contribution < -0.4 is 5.73 Å². The van der Waals surface area contributed by atoms with Crippen LogP contribution in [0.2, 0.25) is 0 Å². The molecule has 0 fully saturated rings. The van der Waals surface area contributed by atoms with Gasteiger partial charge in [0.1, 0.15) is 5.78 Å². The Balaban J connectivity index is 3.22. The van der Waals surface area contributed by atoms with Gasteiger partial charge in [-0.05, 0) is 20.6 Å². The Morgan fingerprint density at radius 1 is 1.40 bits per heavy atom. The first-order valence-corrected chi connectivity index (χ1v) is 3.53. The molecule has 10 heavy (non-hydrogen) atoms. The van der Waals surface area contributed by atoms with Crippen LogP contribution in [0, 0.1) is 0 Å². The van der Waals surface area contributed by atoms with Gasteiger partial charge in [-0.25, -0.2) is 0 Å². The minimum absolute atomic E-state index is 0.260. The van der Waals surface area contributed by atoms with E-state index in [4.69, 9.17) is 5.73 Å². The number of ketones is 1. The second kappa shape index (κ2) is 5.38. The topological polar surface area (TPSA) is 46.3 Å². The summed E-state index contributed by atoms with van der Waals surface area (Å²) in [4.78, 5) is 12.8. The predicted molar refractivity (Wildman–Crippen MR) is 41.8 cm³/mol. The van der Waals surface area contributed by atoms with Gasteiger partial charge in [-0.15, -0.1) is 0 Å². The van der Waals surface area contributed by atoms with Crippen molar-refractivity contribution < 1.29 is 4.79 Å². The lowest BCUT2D eigenvalue weighted by Gasteiger charge is -2.07. The van der Waals surface area contributed by atoms with Crippen molar-refractivity contribution in [2.24, 2.45) is 5.73 Å². The molecule has 0 aliphatic heterocycles. The predicted octanol–water partition coefficient (Wildman–Crippen LogP) is -0.144. The summed E-state index contributed by atoms with van der Waals surface area (Å²) in [5.74, 6) is 0.260. The summed E-state index contributed by atoms with van der Waals surface area (Å²) >= 11 is 0. The van der Waals surface area contributed by atoms with Crippen LogP contribution in [0.4, 0.5) is 0 Å². The Hall–Kier alpha value is -0.410. The zero-order valence-electron chi connectivity index (χ0n) is 6.76. The largest absolute Gasteiger partial charge is 0.330 e. The fraction of sp³-hybridized carbons (Fsp3) is 0.857. The number of hydrogen-bond acceptors (Lipinski definition) is 3. The molecular weight excluding hydrogens is 128 g/mol.